The molecule has 9 heteroatoms. The number of aliphatic hydroxyl groups is 1. The third kappa shape index (κ3) is 4.74. The lowest BCUT2D eigenvalue weighted by molar-refractivity contribution is -0.129. The molecule has 1 amide bonds. The van der Waals surface area contributed by atoms with Crippen molar-refractivity contribution < 1.29 is 28.6 Å². The predicted molar refractivity (Wildman–Crippen MR) is 140 cm³/mol. The van der Waals surface area contributed by atoms with Crippen LogP contribution in [-0.4, -0.2) is 51.5 Å². The number of furan rings is 1. The van der Waals surface area contributed by atoms with Gasteiger partial charge in [0.05, 0.1) is 31.7 Å². The van der Waals surface area contributed by atoms with Gasteiger partial charge in [-0.25, -0.2) is 4.98 Å². The fourth-order valence-electron chi connectivity index (χ4n) is 4.71. The number of aryl methyl sites for hydroxylation is 1. The van der Waals surface area contributed by atoms with Crippen LogP contribution < -0.4 is 9.47 Å². The zero-order valence-corrected chi connectivity index (χ0v) is 21.3. The number of imidazole rings is 1. The van der Waals surface area contributed by atoms with Crippen molar-refractivity contribution in [2.24, 2.45) is 0 Å². The van der Waals surface area contributed by atoms with Crippen LogP contribution in [-0.2, 0) is 11.3 Å². The van der Waals surface area contributed by atoms with Gasteiger partial charge in [0.2, 0.25) is 5.78 Å². The quantitative estimate of drug-likeness (QED) is 0.277. The Balaban J connectivity index is 1.49. The normalized spacial score (nSPS) is 15.5. The molecule has 0 saturated carbocycles. The van der Waals surface area contributed by atoms with E-state index >= 15 is 0 Å². The van der Waals surface area contributed by atoms with Gasteiger partial charge in [-0.3, -0.25) is 9.59 Å². The van der Waals surface area contributed by atoms with Crippen LogP contribution in [0.2, 0.25) is 0 Å². The van der Waals surface area contributed by atoms with Crippen LogP contribution >= 0.6 is 0 Å². The number of ether oxygens (including phenoxy) is 2. The summed E-state index contributed by atoms with van der Waals surface area (Å²) in [5.74, 6) is -0.514. The van der Waals surface area contributed by atoms with Crippen molar-refractivity contribution in [2.45, 2.75) is 32.4 Å². The number of carbonyl (C=O) groups excluding carboxylic acids is 2. The van der Waals surface area contributed by atoms with E-state index in [1.54, 1.807) is 36.8 Å². The van der Waals surface area contributed by atoms with Crippen molar-refractivity contribution in [3.8, 4) is 11.5 Å². The van der Waals surface area contributed by atoms with Crippen LogP contribution in [0, 0.1) is 0 Å². The van der Waals surface area contributed by atoms with Crippen molar-refractivity contribution in [2.75, 3.05) is 20.3 Å². The van der Waals surface area contributed by atoms with Gasteiger partial charge in [-0.05, 0) is 42.7 Å². The monoisotopic (exact) mass is 515 g/mol. The number of ketones is 1. The lowest BCUT2D eigenvalue weighted by Gasteiger charge is -2.27. The molecule has 38 heavy (non-hydrogen) atoms. The van der Waals surface area contributed by atoms with Crippen LogP contribution in [0.25, 0.3) is 11.0 Å². The van der Waals surface area contributed by atoms with E-state index in [0.717, 1.165) is 6.42 Å². The second-order valence-electron chi connectivity index (χ2n) is 9.05. The van der Waals surface area contributed by atoms with Gasteiger partial charge in [0.25, 0.3) is 5.91 Å². The molecule has 196 valence electrons. The summed E-state index contributed by atoms with van der Waals surface area (Å²) in [7, 11) is 1.52. The predicted octanol–water partition coefficient (Wildman–Crippen LogP) is 5.10. The summed E-state index contributed by atoms with van der Waals surface area (Å²) in [4.78, 5) is 32.7. The molecule has 1 aliphatic heterocycles. The zero-order valence-electron chi connectivity index (χ0n) is 21.3. The molecule has 3 heterocycles. The molecule has 0 spiro atoms. The van der Waals surface area contributed by atoms with Crippen LogP contribution in [0.1, 0.15) is 41.9 Å². The van der Waals surface area contributed by atoms with Crippen molar-refractivity contribution in [3.05, 3.63) is 89.9 Å². The van der Waals surface area contributed by atoms with Crippen molar-refractivity contribution >= 4 is 22.7 Å². The van der Waals surface area contributed by atoms with E-state index in [1.807, 2.05) is 42.0 Å². The molecule has 1 unspecified atom stereocenters. The number of hydrogen-bond acceptors (Lipinski definition) is 7. The van der Waals surface area contributed by atoms with Gasteiger partial charge in [0.1, 0.15) is 5.75 Å². The summed E-state index contributed by atoms with van der Waals surface area (Å²) in [5.41, 5.74) is 1.10. The Labute approximate surface area is 219 Å². The number of Topliss-reactive ketones (excluding diaryl/α,β-unsaturated/α-hetero) is 1. The Morgan fingerprint density at radius 2 is 1.97 bits per heavy atom. The molecule has 0 fully saturated rings. The van der Waals surface area contributed by atoms with Gasteiger partial charge in [-0.2, -0.15) is 0 Å². The number of rotatable bonds is 11. The van der Waals surface area contributed by atoms with Crippen molar-refractivity contribution in [1.82, 2.24) is 14.5 Å². The van der Waals surface area contributed by atoms with Crippen LogP contribution in [0.3, 0.4) is 0 Å². The Morgan fingerprint density at radius 1 is 1.16 bits per heavy atom. The second-order valence-corrected chi connectivity index (χ2v) is 9.05. The minimum atomic E-state index is -0.784. The lowest BCUT2D eigenvalue weighted by atomic mass is 9.95. The van der Waals surface area contributed by atoms with E-state index in [0.29, 0.717) is 54.1 Å². The highest BCUT2D eigenvalue weighted by Crippen LogP contribution is 2.40. The molecule has 2 aromatic carbocycles. The molecular formula is C29H29N3O6. The molecule has 0 radical (unpaired) electrons. The maximum atomic E-state index is 13.8. The number of fused-ring (bicyclic) bond motifs is 1. The third-order valence-electron chi connectivity index (χ3n) is 6.54. The van der Waals surface area contributed by atoms with E-state index in [1.165, 1.54) is 12.0 Å². The lowest BCUT2D eigenvalue weighted by Crippen LogP contribution is -2.32. The summed E-state index contributed by atoms with van der Waals surface area (Å²) in [5, 5.41) is 11.7. The minimum Gasteiger partial charge on any atom is -0.503 e. The summed E-state index contributed by atoms with van der Waals surface area (Å²) in [6, 6.07) is 13.4. The number of hydrogen-bond donors (Lipinski definition) is 1. The molecule has 1 atom stereocenters. The van der Waals surface area contributed by atoms with E-state index in [2.05, 4.69) is 4.98 Å². The maximum Gasteiger partial charge on any atom is 0.290 e. The Kier molecular flexibility index (Phi) is 7.17. The van der Waals surface area contributed by atoms with Crippen LogP contribution in [0.4, 0.5) is 0 Å². The van der Waals surface area contributed by atoms with Gasteiger partial charge in [0, 0.05) is 30.9 Å². The van der Waals surface area contributed by atoms with E-state index < -0.39 is 23.5 Å². The molecule has 4 aromatic rings. The van der Waals surface area contributed by atoms with Crippen molar-refractivity contribution in [1.29, 1.82) is 0 Å². The van der Waals surface area contributed by atoms with Gasteiger partial charge < -0.3 is 28.5 Å². The molecule has 1 N–H and O–H groups in total. The third-order valence-corrected chi connectivity index (χ3v) is 6.54. The number of methoxy groups -OCH3 is 1. The average Bonchev–Trinajstić information content (AvgIpc) is 3.67. The highest BCUT2D eigenvalue weighted by Gasteiger charge is 2.44. The van der Waals surface area contributed by atoms with Gasteiger partial charge in [-0.1, -0.05) is 31.2 Å². The fourth-order valence-corrected chi connectivity index (χ4v) is 4.71. The summed E-state index contributed by atoms with van der Waals surface area (Å²) in [6.07, 6.45) is 6.73. The highest BCUT2D eigenvalue weighted by molar-refractivity contribution is 6.16. The summed E-state index contributed by atoms with van der Waals surface area (Å²) < 4.78 is 18.9. The van der Waals surface area contributed by atoms with Crippen LogP contribution in [0.5, 0.6) is 11.5 Å². The smallest absolute Gasteiger partial charge is 0.290 e. The number of aromatic nitrogens is 2. The summed E-state index contributed by atoms with van der Waals surface area (Å²) in [6.45, 7) is 3.57. The van der Waals surface area contributed by atoms with E-state index in [-0.39, 0.29) is 11.3 Å². The average molecular weight is 516 g/mol. The Bertz CT molecular complexity index is 1470. The van der Waals surface area contributed by atoms with Gasteiger partial charge in [0.15, 0.2) is 22.9 Å². The standard InChI is InChI=1S/C29H29N3O6/c1-3-16-37-21-10-8-19(9-11-21)25-24(26(33)23-17-20-6-4-7-22(36-2)28(20)38-23)27(34)29(35)32(25)14-5-13-31-15-12-30-18-31/h4,6-12,15,17-18,25,34H,3,5,13-14,16H2,1-2H3. The molecule has 5 rings (SSSR count). The number of aliphatic hydroxyl groups excluding tert-OH is 1. The van der Waals surface area contributed by atoms with Crippen LogP contribution in [0.15, 0.2) is 83.0 Å². The Morgan fingerprint density at radius 3 is 2.68 bits per heavy atom. The first-order valence-electron chi connectivity index (χ1n) is 12.6. The first-order valence-corrected chi connectivity index (χ1v) is 12.6. The molecular weight excluding hydrogens is 486 g/mol. The summed E-state index contributed by atoms with van der Waals surface area (Å²) >= 11 is 0. The SMILES string of the molecule is CCCOc1ccc(C2C(C(=O)c3cc4cccc(OC)c4o3)=C(O)C(=O)N2CCCn2ccnc2)cc1. The van der Waals surface area contributed by atoms with Gasteiger partial charge >= 0.3 is 0 Å². The number of para-hydroxylation sites is 1. The topological polar surface area (TPSA) is 107 Å². The van der Waals surface area contributed by atoms with E-state index in [4.69, 9.17) is 13.9 Å². The van der Waals surface area contributed by atoms with E-state index in [9.17, 15) is 14.7 Å². The fraction of sp³-hybridized carbons (Fsp3) is 0.276. The second kappa shape index (κ2) is 10.8. The minimum absolute atomic E-state index is 0.0159. The molecule has 0 aliphatic carbocycles. The molecule has 2 aromatic heterocycles. The molecule has 0 saturated heterocycles. The van der Waals surface area contributed by atoms with Crippen molar-refractivity contribution in [3.63, 3.8) is 0 Å². The zero-order chi connectivity index (χ0) is 26.6. The number of benzene rings is 2. The molecule has 9 nitrogen and oxygen atoms in total. The molecule has 1 aliphatic rings. The maximum absolute atomic E-state index is 13.8. The highest BCUT2D eigenvalue weighted by atomic mass is 16.5. The first-order chi connectivity index (χ1) is 18.5. The number of carbonyl (C=O) groups is 2. The number of nitrogens with zero attached hydrogens (tertiary/aromatic N) is 3. The Hall–Kier alpha value is -4.53. The first kappa shape index (κ1) is 25.1. The van der Waals surface area contributed by atoms with Gasteiger partial charge in [-0.15, -0.1) is 0 Å². The number of amides is 1. The molecule has 0 bridgehead atoms. The largest absolute Gasteiger partial charge is 0.503 e.